The van der Waals surface area contributed by atoms with Crippen LogP contribution in [-0.4, -0.2) is 5.21 Å². The summed E-state index contributed by atoms with van der Waals surface area (Å²) in [5.41, 5.74) is 0. The Bertz CT molecular complexity index is 146. The molecule has 9 nitrogen and oxygen atoms in total. The summed E-state index contributed by atoms with van der Waals surface area (Å²) in [4.78, 5) is 8.11. The van der Waals surface area contributed by atoms with Crippen LogP contribution in [0.3, 0.4) is 0 Å². The molecule has 0 aromatic carbocycles. The van der Waals surface area contributed by atoms with E-state index in [-0.39, 0.29) is 106 Å². The summed E-state index contributed by atoms with van der Waals surface area (Å²) in [6.07, 6.45) is 0. The molecule has 0 fully saturated rings. The Morgan fingerprint density at radius 2 is 0.579 bits per heavy atom. The van der Waals surface area contributed by atoms with Gasteiger partial charge >= 0.3 is 106 Å². The number of hydrogen-bond acceptors (Lipinski definition) is 8. The Morgan fingerprint density at radius 3 is 0.579 bits per heavy atom. The molecule has 0 rings (SSSR count). The number of nitrogens with zero attached hydrogens (tertiary/aromatic N) is 7. The summed E-state index contributed by atoms with van der Waals surface area (Å²) in [6.45, 7) is 28.5. The molecule has 0 aliphatic rings. The maximum atomic E-state index is 8.11. The second-order valence-corrected chi connectivity index (χ2v) is 0.0816. The molecule has 0 spiro atoms. The third-order valence-electron chi connectivity index (χ3n) is 0. The Labute approximate surface area is 189 Å². The Balaban J connectivity index is -0.00000000425. The zero-order valence-electron chi connectivity index (χ0n) is 10.3. The minimum absolute atomic E-state index is 0. The van der Waals surface area contributed by atoms with E-state index >= 15 is 0 Å². The maximum absolute atomic E-state index is 8.11. The van der Waals surface area contributed by atoms with E-state index in [0.717, 1.165) is 0 Å². The summed E-state index contributed by atoms with van der Waals surface area (Å²) in [5, 5.41) is 45.4. The van der Waals surface area contributed by atoms with Crippen molar-refractivity contribution in [3.8, 4) is 0 Å². The fourth-order valence-electron chi connectivity index (χ4n) is 0. The van der Waals surface area contributed by atoms with Crippen molar-refractivity contribution in [1.29, 1.82) is 31.6 Å². The van der Waals surface area contributed by atoms with Gasteiger partial charge in [0, 0.05) is 0 Å². The van der Waals surface area contributed by atoms with Crippen molar-refractivity contribution in [2.75, 3.05) is 0 Å². The summed E-state index contributed by atoms with van der Waals surface area (Å²) in [5.74, 6) is 0. The van der Waals surface area contributed by atoms with Crippen molar-refractivity contribution in [1.82, 2.24) is 0 Å². The average Bonchev–Trinajstić information content (AvgIpc) is 2.44. The van der Waals surface area contributed by atoms with Gasteiger partial charge in [-0.1, -0.05) is 0 Å². The topological polar surface area (TPSA) is 192 Å². The second-order valence-electron chi connectivity index (χ2n) is 0.0816. The van der Waals surface area contributed by atoms with E-state index in [4.69, 9.17) is 81.1 Å². The molecule has 0 amide bonds. The molecule has 0 aliphatic heterocycles. The van der Waals surface area contributed by atoms with Gasteiger partial charge in [0.1, 0.15) is 0 Å². The summed E-state index contributed by atoms with van der Waals surface area (Å²) < 4.78 is 0. The maximum Gasteiger partial charge on any atom is 3.00 e. The van der Waals surface area contributed by atoms with Gasteiger partial charge in [0.15, 0.2) is 5.34 Å². The van der Waals surface area contributed by atoms with E-state index in [9.17, 15) is 0 Å². The fraction of sp³-hybridized carbons (Fsp3) is 0. The molecule has 1 radical (unpaired) electrons. The summed E-state index contributed by atoms with van der Waals surface area (Å²) in [7, 11) is 0. The minimum Gasteiger partial charge on any atom is -0.512 e. The van der Waals surface area contributed by atoms with Crippen LogP contribution in [0.25, 0.3) is 0 Å². The average molecular weight is 328 g/mol. The van der Waals surface area contributed by atoms with Crippen LogP contribution in [0.15, 0.2) is 5.34 Å². The van der Waals surface area contributed by atoms with Gasteiger partial charge in [0.05, 0.1) is 0 Å². The standard InChI is InChI=1S/6CN.Fe.HNO2.3Na/c6*1-2;;2-1-3;;;/h;;;;;;;(H,2,3);;;/q6*-1;+3;;3*+1. The summed E-state index contributed by atoms with van der Waals surface area (Å²) in [6, 6.07) is 0. The van der Waals surface area contributed by atoms with E-state index in [1.54, 1.807) is 0 Å². The molecule has 19 heavy (non-hydrogen) atoms. The first-order chi connectivity index (χ1) is 7.41. The molecule has 0 saturated heterocycles. The van der Waals surface area contributed by atoms with Crippen molar-refractivity contribution in [2.45, 2.75) is 0 Å². The van der Waals surface area contributed by atoms with Crippen molar-refractivity contribution in [3.05, 3.63) is 44.3 Å². The predicted molar refractivity (Wildman–Crippen MR) is 37.4 cm³/mol. The molecule has 0 bridgehead atoms. The van der Waals surface area contributed by atoms with Crippen molar-refractivity contribution < 1.29 is 111 Å². The second kappa shape index (κ2) is 6870. The SMILES string of the molecule is O=NO.[C-]#N.[C-]#N.[C-]#N.[C-]#N.[C-]#N.[C-]#N.[Fe+3].[Na+].[Na+].[Na+]. The largest absolute Gasteiger partial charge is 3.00 e. The first-order valence-electron chi connectivity index (χ1n) is 1.72. The molecule has 0 atom stereocenters. The first-order valence-corrected chi connectivity index (χ1v) is 1.72. The van der Waals surface area contributed by atoms with Gasteiger partial charge in [0.2, 0.25) is 0 Å². The van der Waals surface area contributed by atoms with Gasteiger partial charge in [0.25, 0.3) is 0 Å². The van der Waals surface area contributed by atoms with E-state index in [0.29, 0.717) is 0 Å². The molecule has 0 unspecified atom stereocenters. The Morgan fingerprint density at radius 1 is 0.579 bits per heavy atom. The smallest absolute Gasteiger partial charge is 0.512 e. The zero-order valence-corrected chi connectivity index (χ0v) is 17.4. The normalized spacial score (nSPS) is 1.26. The van der Waals surface area contributed by atoms with E-state index in [1.807, 2.05) is 0 Å². The van der Waals surface area contributed by atoms with Crippen LogP contribution in [0.4, 0.5) is 0 Å². The minimum atomic E-state index is 0. The molecular formula is C6HFeN7Na3O2. The van der Waals surface area contributed by atoms with Crippen molar-refractivity contribution in [2.24, 2.45) is 5.34 Å². The third kappa shape index (κ3) is 227000. The van der Waals surface area contributed by atoms with E-state index < -0.39 is 0 Å². The van der Waals surface area contributed by atoms with E-state index in [2.05, 4.69) is 0 Å². The number of hydrogen-bond donors (Lipinski definition) is 1. The molecule has 0 aromatic heterocycles. The van der Waals surface area contributed by atoms with Gasteiger partial charge in [-0.3, -0.25) is 0 Å². The summed E-state index contributed by atoms with van der Waals surface area (Å²) >= 11 is 0. The third-order valence-corrected chi connectivity index (χ3v) is 0. The van der Waals surface area contributed by atoms with Crippen LogP contribution in [0.1, 0.15) is 0 Å². The Hall–Kier alpha value is -0.141. The Kier molecular flexibility index (Phi) is 35200. The molecule has 0 saturated carbocycles. The molecule has 0 aromatic rings. The van der Waals surface area contributed by atoms with Gasteiger partial charge in [-0.15, -0.1) is 4.91 Å². The number of rotatable bonds is 0. The van der Waals surface area contributed by atoms with Gasteiger partial charge in [-0.25, -0.2) is 0 Å². The van der Waals surface area contributed by atoms with Crippen molar-refractivity contribution in [3.63, 3.8) is 0 Å². The van der Waals surface area contributed by atoms with Crippen LogP contribution < -0.4 is 88.7 Å². The quantitative estimate of drug-likeness (QED) is 0.196. The van der Waals surface area contributed by atoms with Crippen LogP contribution in [0, 0.1) is 75.9 Å². The molecule has 0 heterocycles. The van der Waals surface area contributed by atoms with Crippen LogP contribution in [0.2, 0.25) is 0 Å². The predicted octanol–water partition coefficient (Wildman–Crippen LogP) is -8.27. The molecule has 1 N–H and O–H groups in total. The van der Waals surface area contributed by atoms with E-state index in [1.165, 1.54) is 5.34 Å². The van der Waals surface area contributed by atoms with Crippen LogP contribution in [0.5, 0.6) is 0 Å². The van der Waals surface area contributed by atoms with Gasteiger partial charge < -0.3 is 76.2 Å². The van der Waals surface area contributed by atoms with Crippen molar-refractivity contribution >= 4 is 0 Å². The molecule has 13 heteroatoms. The van der Waals surface area contributed by atoms with Gasteiger partial charge in [-0.2, -0.15) is 0 Å². The molecule has 0 aliphatic carbocycles. The molecular weight excluding hydrogens is 327 g/mol. The zero-order chi connectivity index (χ0) is 14.7. The monoisotopic (exact) mass is 328 g/mol. The first kappa shape index (κ1) is 97.4. The fourth-order valence-corrected chi connectivity index (χ4v) is 0. The van der Waals surface area contributed by atoms with Crippen LogP contribution >= 0.6 is 0 Å². The van der Waals surface area contributed by atoms with Crippen LogP contribution in [-0.2, 0) is 17.1 Å². The molecule has 83 valence electrons. The van der Waals surface area contributed by atoms with Gasteiger partial charge in [-0.05, 0) is 0 Å².